The van der Waals surface area contributed by atoms with Gasteiger partial charge in [-0.15, -0.1) is 0 Å². The van der Waals surface area contributed by atoms with E-state index in [4.69, 9.17) is 14.2 Å². The standard InChI is InChI=1S/C14H20O3/c1-14(2)16-11-13(17-14)8-9-15-10-12-6-4-3-5-7-12/h3-7,13H,8-11H2,1-2H3/t13-/m0/s1. The molecule has 1 aromatic carbocycles. The van der Waals surface area contributed by atoms with Crippen molar-refractivity contribution in [3.8, 4) is 0 Å². The van der Waals surface area contributed by atoms with Crippen molar-refractivity contribution in [3.05, 3.63) is 35.9 Å². The Hall–Kier alpha value is -0.900. The van der Waals surface area contributed by atoms with E-state index in [9.17, 15) is 0 Å². The zero-order valence-electron chi connectivity index (χ0n) is 10.5. The maximum atomic E-state index is 5.70. The van der Waals surface area contributed by atoms with E-state index in [0.29, 0.717) is 19.8 Å². The molecule has 94 valence electrons. The monoisotopic (exact) mass is 236 g/mol. The fourth-order valence-corrected chi connectivity index (χ4v) is 1.88. The van der Waals surface area contributed by atoms with Gasteiger partial charge in [-0.2, -0.15) is 0 Å². The van der Waals surface area contributed by atoms with Crippen LogP contribution in [0.25, 0.3) is 0 Å². The number of rotatable bonds is 5. The summed E-state index contributed by atoms with van der Waals surface area (Å²) in [5, 5.41) is 0. The van der Waals surface area contributed by atoms with Crippen molar-refractivity contribution in [2.24, 2.45) is 0 Å². The Bertz CT molecular complexity index is 335. The van der Waals surface area contributed by atoms with Gasteiger partial charge in [-0.05, 0) is 25.8 Å². The fourth-order valence-electron chi connectivity index (χ4n) is 1.88. The number of ether oxygens (including phenoxy) is 3. The number of hydrogen-bond donors (Lipinski definition) is 0. The summed E-state index contributed by atoms with van der Waals surface area (Å²) in [5.41, 5.74) is 1.21. The normalized spacial score (nSPS) is 22.8. The van der Waals surface area contributed by atoms with Crippen molar-refractivity contribution < 1.29 is 14.2 Å². The van der Waals surface area contributed by atoms with Crippen LogP contribution in [0.3, 0.4) is 0 Å². The van der Waals surface area contributed by atoms with Crippen molar-refractivity contribution >= 4 is 0 Å². The second-order valence-corrected chi connectivity index (χ2v) is 4.78. The highest BCUT2D eigenvalue weighted by Gasteiger charge is 2.32. The maximum Gasteiger partial charge on any atom is 0.163 e. The van der Waals surface area contributed by atoms with Crippen molar-refractivity contribution in [2.75, 3.05) is 13.2 Å². The van der Waals surface area contributed by atoms with Gasteiger partial charge in [-0.1, -0.05) is 30.3 Å². The van der Waals surface area contributed by atoms with E-state index < -0.39 is 5.79 Å². The zero-order valence-corrected chi connectivity index (χ0v) is 10.5. The van der Waals surface area contributed by atoms with Crippen LogP contribution < -0.4 is 0 Å². The molecular weight excluding hydrogens is 216 g/mol. The van der Waals surface area contributed by atoms with Gasteiger partial charge < -0.3 is 14.2 Å². The predicted octanol–water partition coefficient (Wildman–Crippen LogP) is 2.74. The van der Waals surface area contributed by atoms with E-state index in [1.54, 1.807) is 0 Å². The Morgan fingerprint density at radius 3 is 2.71 bits per heavy atom. The van der Waals surface area contributed by atoms with Gasteiger partial charge in [0.15, 0.2) is 5.79 Å². The molecule has 1 aromatic rings. The largest absolute Gasteiger partial charge is 0.377 e. The highest BCUT2D eigenvalue weighted by molar-refractivity contribution is 5.13. The fraction of sp³-hybridized carbons (Fsp3) is 0.571. The third-order valence-electron chi connectivity index (χ3n) is 2.76. The molecule has 1 aliphatic rings. The molecule has 1 atom stereocenters. The molecule has 0 unspecified atom stereocenters. The van der Waals surface area contributed by atoms with Gasteiger partial charge in [0.1, 0.15) is 0 Å². The predicted molar refractivity (Wildman–Crippen MR) is 65.6 cm³/mol. The first-order valence-electron chi connectivity index (χ1n) is 6.09. The summed E-state index contributed by atoms with van der Waals surface area (Å²) in [6.07, 6.45) is 1.05. The summed E-state index contributed by atoms with van der Waals surface area (Å²) >= 11 is 0. The van der Waals surface area contributed by atoms with Gasteiger partial charge in [-0.25, -0.2) is 0 Å². The van der Waals surface area contributed by atoms with Crippen molar-refractivity contribution in [3.63, 3.8) is 0 Å². The minimum absolute atomic E-state index is 0.167. The van der Waals surface area contributed by atoms with E-state index in [1.165, 1.54) is 5.56 Å². The summed E-state index contributed by atoms with van der Waals surface area (Å²) in [6, 6.07) is 10.2. The third kappa shape index (κ3) is 4.11. The molecular formula is C14H20O3. The van der Waals surface area contributed by atoms with Crippen LogP contribution in [0.2, 0.25) is 0 Å². The quantitative estimate of drug-likeness (QED) is 0.736. The second-order valence-electron chi connectivity index (χ2n) is 4.78. The maximum absolute atomic E-state index is 5.70. The molecule has 0 N–H and O–H groups in total. The second kappa shape index (κ2) is 5.63. The van der Waals surface area contributed by atoms with Gasteiger partial charge in [0.25, 0.3) is 0 Å². The molecule has 0 bridgehead atoms. The summed E-state index contributed by atoms with van der Waals surface area (Å²) in [6.45, 7) is 5.92. The Kier molecular flexibility index (Phi) is 4.15. The molecule has 1 heterocycles. The molecule has 0 aromatic heterocycles. The molecule has 0 saturated carbocycles. The van der Waals surface area contributed by atoms with Crippen LogP contribution in [0, 0.1) is 0 Å². The zero-order chi connectivity index (χ0) is 12.1. The molecule has 0 amide bonds. The highest BCUT2D eigenvalue weighted by atomic mass is 16.7. The van der Waals surface area contributed by atoms with E-state index >= 15 is 0 Å². The highest BCUT2D eigenvalue weighted by Crippen LogP contribution is 2.23. The van der Waals surface area contributed by atoms with Crippen LogP contribution in [0.5, 0.6) is 0 Å². The molecule has 3 heteroatoms. The first-order chi connectivity index (χ1) is 8.16. The van der Waals surface area contributed by atoms with Crippen LogP contribution in [0.15, 0.2) is 30.3 Å². The van der Waals surface area contributed by atoms with Gasteiger partial charge in [0, 0.05) is 6.61 Å². The summed E-state index contributed by atoms with van der Waals surface area (Å²) in [4.78, 5) is 0. The van der Waals surface area contributed by atoms with E-state index in [0.717, 1.165) is 6.42 Å². The lowest BCUT2D eigenvalue weighted by Crippen LogP contribution is -2.22. The molecule has 0 radical (unpaired) electrons. The van der Waals surface area contributed by atoms with Crippen LogP contribution in [0.4, 0.5) is 0 Å². The summed E-state index contributed by atoms with van der Waals surface area (Å²) in [5.74, 6) is -0.426. The molecule has 0 aliphatic carbocycles. The number of benzene rings is 1. The minimum Gasteiger partial charge on any atom is -0.377 e. The molecule has 17 heavy (non-hydrogen) atoms. The van der Waals surface area contributed by atoms with Crippen LogP contribution >= 0.6 is 0 Å². The van der Waals surface area contributed by atoms with Crippen LogP contribution in [0.1, 0.15) is 25.8 Å². The average molecular weight is 236 g/mol. The van der Waals surface area contributed by atoms with E-state index in [-0.39, 0.29) is 6.10 Å². The van der Waals surface area contributed by atoms with Gasteiger partial charge >= 0.3 is 0 Å². The minimum atomic E-state index is -0.426. The van der Waals surface area contributed by atoms with Gasteiger partial charge in [0.05, 0.1) is 19.3 Å². The summed E-state index contributed by atoms with van der Waals surface area (Å²) < 4.78 is 16.8. The smallest absolute Gasteiger partial charge is 0.163 e. The summed E-state index contributed by atoms with van der Waals surface area (Å²) in [7, 11) is 0. The first kappa shape index (κ1) is 12.6. The molecule has 3 nitrogen and oxygen atoms in total. The lowest BCUT2D eigenvalue weighted by Gasteiger charge is -2.17. The van der Waals surface area contributed by atoms with Gasteiger partial charge in [0.2, 0.25) is 0 Å². The first-order valence-corrected chi connectivity index (χ1v) is 6.09. The lowest BCUT2D eigenvalue weighted by molar-refractivity contribution is -0.140. The van der Waals surface area contributed by atoms with Gasteiger partial charge in [-0.3, -0.25) is 0 Å². The third-order valence-corrected chi connectivity index (χ3v) is 2.76. The Balaban J connectivity index is 1.61. The SMILES string of the molecule is CC1(C)OC[C@H](CCOCc2ccccc2)O1. The van der Waals surface area contributed by atoms with Crippen molar-refractivity contribution in [2.45, 2.75) is 38.8 Å². The Morgan fingerprint density at radius 1 is 1.29 bits per heavy atom. The average Bonchev–Trinajstić information content (AvgIpc) is 2.66. The molecule has 1 saturated heterocycles. The Morgan fingerprint density at radius 2 is 2.06 bits per heavy atom. The molecule has 1 fully saturated rings. The van der Waals surface area contributed by atoms with E-state index in [1.807, 2.05) is 32.0 Å². The number of hydrogen-bond acceptors (Lipinski definition) is 3. The molecule has 1 aliphatic heterocycles. The lowest BCUT2D eigenvalue weighted by atomic mass is 10.2. The molecule has 0 spiro atoms. The van der Waals surface area contributed by atoms with E-state index in [2.05, 4.69) is 12.1 Å². The molecule has 2 rings (SSSR count). The van der Waals surface area contributed by atoms with Crippen LogP contribution in [-0.2, 0) is 20.8 Å². The van der Waals surface area contributed by atoms with Crippen molar-refractivity contribution in [1.82, 2.24) is 0 Å². The van der Waals surface area contributed by atoms with Crippen LogP contribution in [-0.4, -0.2) is 25.1 Å². The van der Waals surface area contributed by atoms with Crippen molar-refractivity contribution in [1.29, 1.82) is 0 Å². The Labute approximate surface area is 103 Å². The topological polar surface area (TPSA) is 27.7 Å².